The molecule has 0 aromatic carbocycles. The number of rotatable bonds is 2. The first-order valence-electron chi connectivity index (χ1n) is 6.37. The third kappa shape index (κ3) is 3.16. The number of β-amino-alcohol motifs (C(OH)–C–C–N with tert-alkyl or cyclic N) is 1. The molecule has 2 aliphatic rings. The van der Waals surface area contributed by atoms with E-state index in [1.54, 1.807) is 0 Å². The molecule has 0 saturated carbocycles. The summed E-state index contributed by atoms with van der Waals surface area (Å²) >= 11 is 0. The molecule has 2 aliphatic heterocycles. The van der Waals surface area contributed by atoms with Crippen molar-refractivity contribution in [2.24, 2.45) is 11.8 Å². The van der Waals surface area contributed by atoms with Crippen molar-refractivity contribution < 1.29 is 5.11 Å². The monoisotopic (exact) mass is 212 g/mol. The van der Waals surface area contributed by atoms with Gasteiger partial charge in [0, 0.05) is 13.1 Å². The van der Waals surface area contributed by atoms with Crippen LogP contribution in [0.2, 0.25) is 0 Å². The Bertz CT molecular complexity index is 192. The summed E-state index contributed by atoms with van der Waals surface area (Å²) in [5, 5.41) is 13.3. The lowest BCUT2D eigenvalue weighted by atomic mass is 9.93. The maximum Gasteiger partial charge on any atom is 0.0693 e. The van der Waals surface area contributed by atoms with Crippen molar-refractivity contribution in [2.45, 2.75) is 32.3 Å². The molecule has 0 aliphatic carbocycles. The van der Waals surface area contributed by atoms with Crippen LogP contribution in [0.3, 0.4) is 0 Å². The number of nitrogens with one attached hydrogen (secondary N) is 1. The minimum Gasteiger partial charge on any atom is -0.392 e. The minimum atomic E-state index is -0.102. The van der Waals surface area contributed by atoms with E-state index >= 15 is 0 Å². The van der Waals surface area contributed by atoms with Gasteiger partial charge in [0.05, 0.1) is 6.10 Å². The fourth-order valence-corrected chi connectivity index (χ4v) is 2.73. The van der Waals surface area contributed by atoms with Crippen molar-refractivity contribution in [3.63, 3.8) is 0 Å². The largest absolute Gasteiger partial charge is 0.392 e. The van der Waals surface area contributed by atoms with Crippen LogP contribution in [0.5, 0.6) is 0 Å². The van der Waals surface area contributed by atoms with Crippen LogP contribution in [0, 0.1) is 11.8 Å². The van der Waals surface area contributed by atoms with E-state index in [1.165, 1.54) is 39.0 Å². The van der Waals surface area contributed by atoms with E-state index in [2.05, 4.69) is 17.1 Å². The van der Waals surface area contributed by atoms with Crippen LogP contribution >= 0.6 is 0 Å². The summed E-state index contributed by atoms with van der Waals surface area (Å²) in [4.78, 5) is 2.45. The molecule has 3 heteroatoms. The second-order valence-corrected chi connectivity index (χ2v) is 5.31. The molecule has 2 N–H and O–H groups in total. The van der Waals surface area contributed by atoms with E-state index in [-0.39, 0.29) is 6.10 Å². The first-order valence-corrected chi connectivity index (χ1v) is 6.37. The van der Waals surface area contributed by atoms with Gasteiger partial charge in [0.2, 0.25) is 0 Å². The molecule has 0 aromatic heterocycles. The van der Waals surface area contributed by atoms with Crippen molar-refractivity contribution in [1.82, 2.24) is 10.2 Å². The van der Waals surface area contributed by atoms with Gasteiger partial charge >= 0.3 is 0 Å². The Balaban J connectivity index is 1.74. The number of aliphatic hydroxyl groups is 1. The molecule has 2 heterocycles. The molecule has 0 spiro atoms. The second kappa shape index (κ2) is 5.28. The lowest BCUT2D eigenvalue weighted by Crippen LogP contribution is -2.46. The quantitative estimate of drug-likeness (QED) is 0.707. The van der Waals surface area contributed by atoms with Gasteiger partial charge in [-0.1, -0.05) is 6.92 Å². The van der Waals surface area contributed by atoms with Crippen molar-refractivity contribution in [2.75, 3.05) is 32.7 Å². The first-order chi connectivity index (χ1) is 7.25. The van der Waals surface area contributed by atoms with Crippen LogP contribution < -0.4 is 5.32 Å². The molecule has 3 nitrogen and oxygen atoms in total. The van der Waals surface area contributed by atoms with Gasteiger partial charge < -0.3 is 15.3 Å². The third-order valence-corrected chi connectivity index (χ3v) is 3.92. The van der Waals surface area contributed by atoms with E-state index in [9.17, 15) is 5.11 Å². The summed E-state index contributed by atoms with van der Waals surface area (Å²) in [5.74, 6) is 1.30. The van der Waals surface area contributed by atoms with Gasteiger partial charge in [0.15, 0.2) is 0 Å². The van der Waals surface area contributed by atoms with Gasteiger partial charge in [-0.25, -0.2) is 0 Å². The summed E-state index contributed by atoms with van der Waals surface area (Å²) in [6.07, 6.45) is 3.73. The average molecular weight is 212 g/mol. The number of hydrogen-bond donors (Lipinski definition) is 2. The van der Waals surface area contributed by atoms with E-state index in [0.717, 1.165) is 18.9 Å². The highest BCUT2D eigenvalue weighted by atomic mass is 16.3. The predicted octanol–water partition coefficient (Wildman–Crippen LogP) is 0.689. The maximum absolute atomic E-state index is 9.82. The molecular formula is C12H24N2O. The molecule has 3 unspecified atom stereocenters. The Morgan fingerprint density at radius 2 is 2.27 bits per heavy atom. The lowest BCUT2D eigenvalue weighted by Gasteiger charge is -2.37. The molecule has 2 fully saturated rings. The van der Waals surface area contributed by atoms with Crippen LogP contribution in [-0.2, 0) is 0 Å². The molecule has 0 bridgehead atoms. The van der Waals surface area contributed by atoms with Gasteiger partial charge in [-0.3, -0.25) is 0 Å². The fraction of sp³-hybridized carbons (Fsp3) is 1.00. The lowest BCUT2D eigenvalue weighted by molar-refractivity contribution is 0.0213. The van der Waals surface area contributed by atoms with Crippen LogP contribution in [0.4, 0.5) is 0 Å². The highest BCUT2D eigenvalue weighted by Gasteiger charge is 2.26. The van der Waals surface area contributed by atoms with Gasteiger partial charge in [-0.05, 0) is 50.7 Å². The van der Waals surface area contributed by atoms with Crippen LogP contribution in [-0.4, -0.2) is 48.8 Å². The standard InChI is InChI=1S/C12H24N2O/c1-10-4-6-14(9-12(10)15)8-11-3-2-5-13-7-11/h10-13,15H,2-9H2,1H3. The molecule has 2 saturated heterocycles. The van der Waals surface area contributed by atoms with Crippen LogP contribution in [0.15, 0.2) is 0 Å². The van der Waals surface area contributed by atoms with E-state index in [0.29, 0.717) is 5.92 Å². The molecule has 88 valence electrons. The van der Waals surface area contributed by atoms with Crippen LogP contribution in [0.25, 0.3) is 0 Å². The maximum atomic E-state index is 9.82. The second-order valence-electron chi connectivity index (χ2n) is 5.31. The highest BCUT2D eigenvalue weighted by Crippen LogP contribution is 2.19. The van der Waals surface area contributed by atoms with Gasteiger partial charge in [-0.15, -0.1) is 0 Å². The van der Waals surface area contributed by atoms with E-state index in [4.69, 9.17) is 0 Å². The first kappa shape index (κ1) is 11.4. The predicted molar refractivity (Wildman–Crippen MR) is 61.8 cm³/mol. The average Bonchev–Trinajstić information content (AvgIpc) is 2.25. The summed E-state index contributed by atoms with van der Waals surface area (Å²) in [5.41, 5.74) is 0. The Morgan fingerprint density at radius 3 is 2.93 bits per heavy atom. The normalized spacial score (nSPS) is 39.2. The Hall–Kier alpha value is -0.120. The molecule has 0 aromatic rings. The number of piperidine rings is 2. The number of hydrogen-bond acceptors (Lipinski definition) is 3. The summed E-state index contributed by atoms with van der Waals surface area (Å²) in [7, 11) is 0. The van der Waals surface area contributed by atoms with E-state index < -0.39 is 0 Å². The van der Waals surface area contributed by atoms with Gasteiger partial charge in [0.1, 0.15) is 0 Å². The molecule has 0 radical (unpaired) electrons. The number of aliphatic hydroxyl groups excluding tert-OH is 1. The zero-order valence-electron chi connectivity index (χ0n) is 9.78. The van der Waals surface area contributed by atoms with Gasteiger partial charge in [-0.2, -0.15) is 0 Å². The smallest absolute Gasteiger partial charge is 0.0693 e. The summed E-state index contributed by atoms with van der Waals surface area (Å²) in [6, 6.07) is 0. The Labute approximate surface area is 92.8 Å². The molecular weight excluding hydrogens is 188 g/mol. The fourth-order valence-electron chi connectivity index (χ4n) is 2.73. The summed E-state index contributed by atoms with van der Waals surface area (Å²) < 4.78 is 0. The molecule has 15 heavy (non-hydrogen) atoms. The van der Waals surface area contributed by atoms with E-state index in [1.807, 2.05) is 0 Å². The Morgan fingerprint density at radius 1 is 1.40 bits per heavy atom. The van der Waals surface area contributed by atoms with Crippen molar-refractivity contribution in [3.05, 3.63) is 0 Å². The third-order valence-electron chi connectivity index (χ3n) is 3.92. The van der Waals surface area contributed by atoms with Crippen LogP contribution in [0.1, 0.15) is 26.2 Å². The van der Waals surface area contributed by atoms with Crippen molar-refractivity contribution >= 4 is 0 Å². The number of nitrogens with zero attached hydrogens (tertiary/aromatic N) is 1. The summed E-state index contributed by atoms with van der Waals surface area (Å²) in [6.45, 7) is 7.76. The zero-order valence-corrected chi connectivity index (χ0v) is 9.78. The molecule has 2 rings (SSSR count). The van der Waals surface area contributed by atoms with Crippen molar-refractivity contribution in [3.8, 4) is 0 Å². The SMILES string of the molecule is CC1CCN(CC2CCCNC2)CC1O. The highest BCUT2D eigenvalue weighted by molar-refractivity contribution is 4.80. The molecule has 0 amide bonds. The minimum absolute atomic E-state index is 0.102. The van der Waals surface area contributed by atoms with Gasteiger partial charge in [0.25, 0.3) is 0 Å². The number of likely N-dealkylation sites (tertiary alicyclic amines) is 1. The van der Waals surface area contributed by atoms with Crippen molar-refractivity contribution in [1.29, 1.82) is 0 Å². The molecule has 3 atom stereocenters. The Kier molecular flexibility index (Phi) is 4.00. The topological polar surface area (TPSA) is 35.5 Å². The zero-order chi connectivity index (χ0) is 10.7.